The van der Waals surface area contributed by atoms with E-state index in [2.05, 4.69) is 30.9 Å². The molecule has 1 heterocycles. The second-order valence-electron chi connectivity index (χ2n) is 4.03. The molecule has 1 saturated heterocycles. The lowest BCUT2D eigenvalue weighted by Crippen LogP contribution is -2.34. The minimum Gasteiger partial charge on any atom is -0.314 e. The molecule has 0 aromatic heterocycles. The van der Waals surface area contributed by atoms with Gasteiger partial charge in [0, 0.05) is 11.3 Å². The van der Waals surface area contributed by atoms with Gasteiger partial charge in [0.1, 0.15) is 0 Å². The molecule has 78 valence electrons. The molecular formula is C11H23NS. The maximum absolute atomic E-state index is 3.60. The van der Waals surface area contributed by atoms with E-state index in [-0.39, 0.29) is 0 Å². The fraction of sp³-hybridized carbons (Fsp3) is 1.00. The first-order valence-corrected chi connectivity index (χ1v) is 6.72. The number of thioether (sulfide) groups is 1. The van der Waals surface area contributed by atoms with Gasteiger partial charge >= 0.3 is 0 Å². The Balaban J connectivity index is 1.98. The van der Waals surface area contributed by atoms with E-state index in [9.17, 15) is 0 Å². The molecule has 0 aromatic rings. The minimum atomic E-state index is 0.824. The first kappa shape index (κ1) is 11.4. The van der Waals surface area contributed by atoms with Crippen molar-refractivity contribution in [3.8, 4) is 0 Å². The third kappa shape index (κ3) is 4.92. The summed E-state index contributed by atoms with van der Waals surface area (Å²) in [6.45, 7) is 5.86. The lowest BCUT2D eigenvalue weighted by molar-refractivity contribution is 0.394. The highest BCUT2D eigenvalue weighted by Gasteiger charge is 2.12. The van der Waals surface area contributed by atoms with Crippen LogP contribution in [0.25, 0.3) is 0 Å². The number of rotatable bonds is 5. The molecule has 1 aliphatic heterocycles. The highest BCUT2D eigenvalue weighted by molar-refractivity contribution is 7.99. The van der Waals surface area contributed by atoms with Gasteiger partial charge in [-0.25, -0.2) is 0 Å². The fourth-order valence-electron chi connectivity index (χ4n) is 1.70. The molecule has 2 unspecified atom stereocenters. The van der Waals surface area contributed by atoms with E-state index < -0.39 is 0 Å². The Kier molecular flexibility index (Phi) is 5.88. The summed E-state index contributed by atoms with van der Waals surface area (Å²) in [6, 6.07) is 0.824. The van der Waals surface area contributed by atoms with E-state index in [1.807, 2.05) is 0 Å². The number of nitrogens with one attached hydrogen (secondary N) is 1. The lowest BCUT2D eigenvalue weighted by Gasteiger charge is -2.23. The molecule has 1 aliphatic rings. The first-order valence-electron chi connectivity index (χ1n) is 5.68. The molecule has 1 rings (SSSR count). The largest absolute Gasteiger partial charge is 0.314 e. The van der Waals surface area contributed by atoms with Gasteiger partial charge in [0.05, 0.1) is 0 Å². The van der Waals surface area contributed by atoms with E-state index in [1.54, 1.807) is 0 Å². The molecule has 0 aliphatic carbocycles. The Bertz CT molecular complexity index is 121. The summed E-state index contributed by atoms with van der Waals surface area (Å²) in [7, 11) is 0. The zero-order chi connectivity index (χ0) is 9.52. The molecule has 13 heavy (non-hydrogen) atoms. The Morgan fingerprint density at radius 3 is 2.92 bits per heavy atom. The number of hydrogen-bond acceptors (Lipinski definition) is 2. The van der Waals surface area contributed by atoms with Gasteiger partial charge in [0.25, 0.3) is 0 Å². The quantitative estimate of drug-likeness (QED) is 0.734. The molecule has 0 spiro atoms. The summed E-state index contributed by atoms with van der Waals surface area (Å²) in [5, 5.41) is 4.45. The molecular weight excluding hydrogens is 178 g/mol. The van der Waals surface area contributed by atoms with Crippen LogP contribution in [0.4, 0.5) is 0 Å². The fourth-order valence-corrected chi connectivity index (χ4v) is 2.76. The maximum atomic E-state index is 3.60. The van der Waals surface area contributed by atoms with E-state index in [1.165, 1.54) is 44.4 Å². The molecule has 0 saturated carbocycles. The zero-order valence-electron chi connectivity index (χ0n) is 9.01. The van der Waals surface area contributed by atoms with Crippen molar-refractivity contribution in [3.05, 3.63) is 0 Å². The third-order valence-electron chi connectivity index (χ3n) is 2.86. The van der Waals surface area contributed by atoms with Crippen molar-refractivity contribution < 1.29 is 0 Å². The monoisotopic (exact) mass is 201 g/mol. The van der Waals surface area contributed by atoms with Crippen molar-refractivity contribution in [3.63, 3.8) is 0 Å². The summed E-state index contributed by atoms with van der Waals surface area (Å²) in [5.41, 5.74) is 0. The SMILES string of the molecule is CCC(C)SCCC1CCCCN1. The molecule has 0 bridgehead atoms. The van der Waals surface area contributed by atoms with Crippen LogP contribution in [0.15, 0.2) is 0 Å². The van der Waals surface area contributed by atoms with E-state index in [4.69, 9.17) is 0 Å². The van der Waals surface area contributed by atoms with E-state index in [0.717, 1.165) is 11.3 Å². The van der Waals surface area contributed by atoms with Crippen LogP contribution in [0.3, 0.4) is 0 Å². The molecule has 0 amide bonds. The Morgan fingerprint density at radius 1 is 1.46 bits per heavy atom. The van der Waals surface area contributed by atoms with Crippen LogP contribution in [0.5, 0.6) is 0 Å². The van der Waals surface area contributed by atoms with Gasteiger partial charge in [0.15, 0.2) is 0 Å². The Hall–Kier alpha value is 0.310. The van der Waals surface area contributed by atoms with Gasteiger partial charge in [-0.1, -0.05) is 20.3 Å². The first-order chi connectivity index (χ1) is 6.33. The van der Waals surface area contributed by atoms with Gasteiger partial charge in [-0.15, -0.1) is 0 Å². The van der Waals surface area contributed by atoms with E-state index in [0.29, 0.717) is 0 Å². The van der Waals surface area contributed by atoms with Crippen LogP contribution in [-0.4, -0.2) is 23.6 Å². The van der Waals surface area contributed by atoms with Crippen LogP contribution in [0.2, 0.25) is 0 Å². The second-order valence-corrected chi connectivity index (χ2v) is 5.57. The number of piperidine rings is 1. The number of hydrogen-bond donors (Lipinski definition) is 1. The smallest absolute Gasteiger partial charge is 0.00749 e. The third-order valence-corrected chi connectivity index (χ3v) is 4.23. The molecule has 0 aromatic carbocycles. The second kappa shape index (κ2) is 6.72. The predicted octanol–water partition coefficient (Wildman–Crippen LogP) is 3.05. The van der Waals surface area contributed by atoms with Gasteiger partial charge in [-0.05, 0) is 38.0 Å². The van der Waals surface area contributed by atoms with Crippen molar-refractivity contribution in [1.29, 1.82) is 0 Å². The molecule has 2 heteroatoms. The maximum Gasteiger partial charge on any atom is 0.00749 e. The zero-order valence-corrected chi connectivity index (χ0v) is 9.83. The topological polar surface area (TPSA) is 12.0 Å². The minimum absolute atomic E-state index is 0.824. The molecule has 1 fully saturated rings. The summed E-state index contributed by atoms with van der Waals surface area (Å²) in [4.78, 5) is 0. The van der Waals surface area contributed by atoms with Crippen LogP contribution in [0, 0.1) is 0 Å². The van der Waals surface area contributed by atoms with Crippen molar-refractivity contribution >= 4 is 11.8 Å². The van der Waals surface area contributed by atoms with Crippen molar-refractivity contribution in [2.75, 3.05) is 12.3 Å². The molecule has 1 N–H and O–H groups in total. The van der Waals surface area contributed by atoms with Crippen LogP contribution < -0.4 is 5.32 Å². The molecule has 1 nitrogen and oxygen atoms in total. The van der Waals surface area contributed by atoms with Crippen molar-refractivity contribution in [2.45, 2.75) is 57.2 Å². The van der Waals surface area contributed by atoms with E-state index >= 15 is 0 Å². The average Bonchev–Trinajstić information content (AvgIpc) is 2.19. The summed E-state index contributed by atoms with van der Waals surface area (Å²) in [5.74, 6) is 1.34. The average molecular weight is 201 g/mol. The summed E-state index contributed by atoms with van der Waals surface area (Å²) >= 11 is 2.13. The van der Waals surface area contributed by atoms with Crippen LogP contribution >= 0.6 is 11.8 Å². The standard InChI is InChI=1S/C11H23NS/c1-3-10(2)13-9-7-11-6-4-5-8-12-11/h10-12H,3-9H2,1-2H3. The summed E-state index contributed by atoms with van der Waals surface area (Å²) in [6.07, 6.45) is 6.90. The van der Waals surface area contributed by atoms with Gasteiger partial charge < -0.3 is 5.32 Å². The van der Waals surface area contributed by atoms with Crippen molar-refractivity contribution in [2.24, 2.45) is 0 Å². The van der Waals surface area contributed by atoms with Crippen LogP contribution in [0.1, 0.15) is 46.0 Å². The van der Waals surface area contributed by atoms with Gasteiger partial charge in [0.2, 0.25) is 0 Å². The van der Waals surface area contributed by atoms with Crippen molar-refractivity contribution in [1.82, 2.24) is 5.32 Å². The molecule has 0 radical (unpaired) electrons. The predicted molar refractivity (Wildman–Crippen MR) is 62.5 cm³/mol. The Labute approximate surface area is 87.1 Å². The van der Waals surface area contributed by atoms with Gasteiger partial charge in [-0.2, -0.15) is 11.8 Å². The highest BCUT2D eigenvalue weighted by Crippen LogP contribution is 2.18. The summed E-state index contributed by atoms with van der Waals surface area (Å²) < 4.78 is 0. The lowest BCUT2D eigenvalue weighted by atomic mass is 10.0. The van der Waals surface area contributed by atoms with Gasteiger partial charge in [-0.3, -0.25) is 0 Å². The van der Waals surface area contributed by atoms with Crippen LogP contribution in [-0.2, 0) is 0 Å². The molecule has 2 atom stereocenters. The Morgan fingerprint density at radius 2 is 2.31 bits per heavy atom. The normalized spacial score (nSPS) is 25.8. The highest BCUT2D eigenvalue weighted by atomic mass is 32.2.